The number of hydrogen-bond donors (Lipinski definition) is 1. The van der Waals surface area contributed by atoms with Crippen LogP contribution in [0.25, 0.3) is 0 Å². The van der Waals surface area contributed by atoms with Crippen molar-refractivity contribution in [3.8, 4) is 0 Å². The van der Waals surface area contributed by atoms with E-state index in [9.17, 15) is 4.39 Å². The second kappa shape index (κ2) is 5.82. The SMILES string of the molecule is CN(C)CCN(C)c1ccc(CN)c(F)c1. The molecule has 0 atom stereocenters. The van der Waals surface area contributed by atoms with Gasteiger partial charge in [0.25, 0.3) is 0 Å². The summed E-state index contributed by atoms with van der Waals surface area (Å²) in [5.74, 6) is -0.225. The number of nitrogens with two attached hydrogens (primary N) is 1. The fraction of sp³-hybridized carbons (Fsp3) is 0.500. The van der Waals surface area contributed by atoms with Crippen LogP contribution in [-0.4, -0.2) is 39.1 Å². The van der Waals surface area contributed by atoms with E-state index >= 15 is 0 Å². The lowest BCUT2D eigenvalue weighted by Crippen LogP contribution is -2.28. The van der Waals surface area contributed by atoms with Crippen LogP contribution in [0.3, 0.4) is 0 Å². The summed E-state index contributed by atoms with van der Waals surface area (Å²) in [6.45, 7) is 2.05. The molecule has 0 aliphatic heterocycles. The summed E-state index contributed by atoms with van der Waals surface area (Å²) in [6.07, 6.45) is 0. The van der Waals surface area contributed by atoms with E-state index in [0.29, 0.717) is 5.56 Å². The van der Waals surface area contributed by atoms with Gasteiger partial charge in [-0.1, -0.05) is 6.07 Å². The van der Waals surface area contributed by atoms with E-state index in [1.54, 1.807) is 6.07 Å². The molecule has 0 fully saturated rings. The monoisotopic (exact) mass is 225 g/mol. The van der Waals surface area contributed by atoms with Gasteiger partial charge in [-0.05, 0) is 26.2 Å². The Hall–Kier alpha value is -1.13. The molecule has 90 valence electrons. The van der Waals surface area contributed by atoms with Crippen molar-refractivity contribution in [1.82, 2.24) is 4.90 Å². The average Bonchev–Trinajstić information content (AvgIpc) is 2.25. The zero-order chi connectivity index (χ0) is 12.1. The van der Waals surface area contributed by atoms with Crippen LogP contribution >= 0.6 is 0 Å². The van der Waals surface area contributed by atoms with Gasteiger partial charge in [-0.3, -0.25) is 0 Å². The van der Waals surface area contributed by atoms with Crippen molar-refractivity contribution in [3.05, 3.63) is 29.6 Å². The Balaban J connectivity index is 2.69. The van der Waals surface area contributed by atoms with E-state index in [-0.39, 0.29) is 12.4 Å². The highest BCUT2D eigenvalue weighted by Gasteiger charge is 2.05. The maximum atomic E-state index is 13.5. The van der Waals surface area contributed by atoms with Crippen molar-refractivity contribution in [1.29, 1.82) is 0 Å². The Morgan fingerprint density at radius 1 is 1.19 bits per heavy atom. The number of nitrogens with zero attached hydrogens (tertiary/aromatic N) is 2. The summed E-state index contributed by atoms with van der Waals surface area (Å²) in [6, 6.07) is 5.19. The van der Waals surface area contributed by atoms with Crippen LogP contribution < -0.4 is 10.6 Å². The first-order chi connectivity index (χ1) is 7.54. The standard InChI is InChI=1S/C12H20FN3/c1-15(2)6-7-16(3)11-5-4-10(9-14)12(13)8-11/h4-5,8H,6-7,9,14H2,1-3H3. The molecule has 0 heterocycles. The summed E-state index contributed by atoms with van der Waals surface area (Å²) in [4.78, 5) is 4.13. The van der Waals surface area contributed by atoms with Gasteiger partial charge in [-0.25, -0.2) is 4.39 Å². The van der Waals surface area contributed by atoms with Crippen molar-refractivity contribution in [3.63, 3.8) is 0 Å². The normalized spacial score (nSPS) is 10.9. The minimum absolute atomic E-state index is 0.225. The third-order valence-corrected chi connectivity index (χ3v) is 2.58. The summed E-state index contributed by atoms with van der Waals surface area (Å²) in [5, 5.41) is 0. The third-order valence-electron chi connectivity index (χ3n) is 2.58. The Bertz CT molecular complexity index is 339. The predicted octanol–water partition coefficient (Wildman–Crippen LogP) is 1.28. The van der Waals surface area contributed by atoms with Crippen molar-refractivity contribution < 1.29 is 4.39 Å². The van der Waals surface area contributed by atoms with Crippen LogP contribution in [0, 0.1) is 5.82 Å². The average molecular weight is 225 g/mol. The van der Waals surface area contributed by atoms with Crippen LogP contribution in [0.4, 0.5) is 10.1 Å². The first kappa shape index (κ1) is 12.9. The molecular formula is C12H20FN3. The smallest absolute Gasteiger partial charge is 0.129 e. The van der Waals surface area contributed by atoms with Crippen LogP contribution in [-0.2, 0) is 6.54 Å². The summed E-state index contributed by atoms with van der Waals surface area (Å²) in [7, 11) is 6.00. The van der Waals surface area contributed by atoms with Gasteiger partial charge >= 0.3 is 0 Å². The molecule has 0 bridgehead atoms. The molecule has 4 heteroatoms. The second-order valence-corrected chi connectivity index (χ2v) is 4.20. The predicted molar refractivity (Wildman–Crippen MR) is 66.1 cm³/mol. The number of halogens is 1. The molecule has 0 aromatic heterocycles. The molecule has 0 aliphatic rings. The fourth-order valence-corrected chi connectivity index (χ4v) is 1.42. The van der Waals surface area contributed by atoms with Gasteiger partial charge in [0.1, 0.15) is 5.82 Å². The van der Waals surface area contributed by atoms with E-state index < -0.39 is 0 Å². The largest absolute Gasteiger partial charge is 0.373 e. The molecule has 0 amide bonds. The molecule has 0 spiro atoms. The van der Waals surface area contributed by atoms with E-state index in [1.807, 2.05) is 32.1 Å². The van der Waals surface area contributed by atoms with Crippen molar-refractivity contribution in [2.75, 3.05) is 39.1 Å². The number of likely N-dealkylation sites (N-methyl/N-ethyl adjacent to an activating group) is 2. The first-order valence-corrected chi connectivity index (χ1v) is 5.39. The van der Waals surface area contributed by atoms with E-state index in [1.165, 1.54) is 6.07 Å². The quantitative estimate of drug-likeness (QED) is 0.819. The van der Waals surface area contributed by atoms with E-state index in [4.69, 9.17) is 5.73 Å². The first-order valence-electron chi connectivity index (χ1n) is 5.39. The minimum atomic E-state index is -0.225. The molecule has 1 aromatic rings. The molecule has 0 radical (unpaired) electrons. The number of anilines is 1. The molecule has 1 aromatic carbocycles. The van der Waals surface area contributed by atoms with Crippen LogP contribution in [0.1, 0.15) is 5.56 Å². The fourth-order valence-electron chi connectivity index (χ4n) is 1.42. The maximum absolute atomic E-state index is 13.5. The van der Waals surface area contributed by atoms with E-state index in [2.05, 4.69) is 4.90 Å². The number of benzene rings is 1. The van der Waals surface area contributed by atoms with Gasteiger partial charge in [0.15, 0.2) is 0 Å². The molecule has 0 unspecified atom stereocenters. The lowest BCUT2D eigenvalue weighted by molar-refractivity contribution is 0.416. The highest BCUT2D eigenvalue weighted by Crippen LogP contribution is 2.17. The molecule has 16 heavy (non-hydrogen) atoms. The lowest BCUT2D eigenvalue weighted by atomic mass is 10.2. The van der Waals surface area contributed by atoms with Crippen LogP contribution in [0.5, 0.6) is 0 Å². The number of hydrogen-bond acceptors (Lipinski definition) is 3. The van der Waals surface area contributed by atoms with Gasteiger partial charge in [0.2, 0.25) is 0 Å². The van der Waals surface area contributed by atoms with Gasteiger partial charge < -0.3 is 15.5 Å². The second-order valence-electron chi connectivity index (χ2n) is 4.20. The summed E-state index contributed by atoms with van der Waals surface area (Å²) in [5.41, 5.74) is 6.86. The topological polar surface area (TPSA) is 32.5 Å². The molecule has 3 nitrogen and oxygen atoms in total. The lowest BCUT2D eigenvalue weighted by Gasteiger charge is -2.22. The third kappa shape index (κ3) is 3.47. The highest BCUT2D eigenvalue weighted by atomic mass is 19.1. The summed E-state index contributed by atoms with van der Waals surface area (Å²) < 4.78 is 13.5. The van der Waals surface area contributed by atoms with Crippen molar-refractivity contribution >= 4 is 5.69 Å². The highest BCUT2D eigenvalue weighted by molar-refractivity contribution is 5.47. The Morgan fingerprint density at radius 3 is 2.38 bits per heavy atom. The van der Waals surface area contributed by atoms with Crippen molar-refractivity contribution in [2.45, 2.75) is 6.54 Å². The molecule has 0 aliphatic carbocycles. The van der Waals surface area contributed by atoms with Gasteiger partial charge in [-0.15, -0.1) is 0 Å². The molecule has 0 saturated heterocycles. The molecule has 1 rings (SSSR count). The van der Waals surface area contributed by atoms with Crippen molar-refractivity contribution in [2.24, 2.45) is 5.73 Å². The van der Waals surface area contributed by atoms with Gasteiger partial charge in [-0.2, -0.15) is 0 Å². The minimum Gasteiger partial charge on any atom is -0.373 e. The zero-order valence-corrected chi connectivity index (χ0v) is 10.2. The Kier molecular flexibility index (Phi) is 4.71. The maximum Gasteiger partial charge on any atom is 0.129 e. The molecular weight excluding hydrogens is 205 g/mol. The Labute approximate surface area is 96.6 Å². The zero-order valence-electron chi connectivity index (χ0n) is 10.2. The van der Waals surface area contributed by atoms with Gasteiger partial charge in [0.05, 0.1) is 0 Å². The van der Waals surface area contributed by atoms with Crippen LogP contribution in [0.2, 0.25) is 0 Å². The van der Waals surface area contributed by atoms with E-state index in [0.717, 1.165) is 18.8 Å². The van der Waals surface area contributed by atoms with Crippen LogP contribution in [0.15, 0.2) is 18.2 Å². The molecule has 2 N–H and O–H groups in total. The Morgan fingerprint density at radius 2 is 1.88 bits per heavy atom. The number of rotatable bonds is 5. The summed E-state index contributed by atoms with van der Waals surface area (Å²) >= 11 is 0. The molecule has 0 saturated carbocycles. The van der Waals surface area contributed by atoms with Gasteiger partial charge in [0, 0.05) is 37.9 Å².